The van der Waals surface area contributed by atoms with E-state index in [0.29, 0.717) is 12.8 Å². The quantitative estimate of drug-likeness (QED) is 0.877. The summed E-state index contributed by atoms with van der Waals surface area (Å²) in [5.74, 6) is -2.43. The Bertz CT molecular complexity index is 536. The van der Waals surface area contributed by atoms with Crippen LogP contribution in [-0.4, -0.2) is 28.8 Å². The predicted octanol–water partition coefficient (Wildman–Crippen LogP) is 2.72. The van der Waals surface area contributed by atoms with E-state index in [-0.39, 0.29) is 18.2 Å². The molecule has 1 aromatic rings. The van der Waals surface area contributed by atoms with Crippen molar-refractivity contribution in [2.45, 2.75) is 50.8 Å². The van der Waals surface area contributed by atoms with Gasteiger partial charge in [0.1, 0.15) is 17.5 Å². The molecule has 2 unspecified atom stereocenters. The van der Waals surface area contributed by atoms with E-state index in [4.69, 9.17) is 4.74 Å². The molecule has 2 atom stereocenters. The van der Waals surface area contributed by atoms with Crippen molar-refractivity contribution in [3.05, 3.63) is 29.8 Å². The number of halogens is 2. The van der Waals surface area contributed by atoms with Gasteiger partial charge >= 0.3 is 5.97 Å². The maximum absolute atomic E-state index is 13.6. The Morgan fingerprint density at radius 2 is 2.19 bits per heavy atom. The Morgan fingerprint density at radius 1 is 1.48 bits per heavy atom. The molecule has 0 saturated heterocycles. The number of hydrogen-bond donors (Lipinski definition) is 2. The van der Waals surface area contributed by atoms with Crippen LogP contribution in [0.15, 0.2) is 18.2 Å². The van der Waals surface area contributed by atoms with Gasteiger partial charge in [0.25, 0.3) is 0 Å². The number of carboxylic acids is 1. The van der Waals surface area contributed by atoms with E-state index in [9.17, 15) is 18.7 Å². The average Bonchev–Trinajstić information content (AvgIpc) is 2.76. The zero-order chi connectivity index (χ0) is 15.6. The van der Waals surface area contributed by atoms with Crippen molar-refractivity contribution in [2.24, 2.45) is 0 Å². The number of ether oxygens (including phenoxy) is 1. The minimum absolute atomic E-state index is 0.0161. The van der Waals surface area contributed by atoms with Crippen LogP contribution in [0.5, 0.6) is 5.75 Å². The normalized spacial score (nSPS) is 25.3. The van der Waals surface area contributed by atoms with E-state index in [1.165, 1.54) is 6.07 Å². The molecule has 1 fully saturated rings. The minimum Gasteiger partial charge on any atom is -0.487 e. The summed E-state index contributed by atoms with van der Waals surface area (Å²) < 4.78 is 31.9. The summed E-state index contributed by atoms with van der Waals surface area (Å²) in [6, 6.07) is 3.11. The van der Waals surface area contributed by atoms with Crippen LogP contribution in [0.3, 0.4) is 0 Å². The second-order valence-electron chi connectivity index (χ2n) is 5.74. The molecule has 6 heteroatoms. The van der Waals surface area contributed by atoms with Crippen molar-refractivity contribution in [3.8, 4) is 5.75 Å². The van der Waals surface area contributed by atoms with Crippen LogP contribution < -0.4 is 10.1 Å². The van der Waals surface area contributed by atoms with Crippen LogP contribution in [0.1, 0.15) is 33.1 Å². The lowest BCUT2D eigenvalue weighted by molar-refractivity contribution is -0.145. The van der Waals surface area contributed by atoms with E-state index in [1.54, 1.807) is 0 Å². The van der Waals surface area contributed by atoms with Gasteiger partial charge in [0.05, 0.1) is 0 Å². The molecule has 0 aromatic heterocycles. The van der Waals surface area contributed by atoms with Gasteiger partial charge < -0.3 is 9.84 Å². The summed E-state index contributed by atoms with van der Waals surface area (Å²) in [4.78, 5) is 11.5. The SMILES string of the molecule is CC(C)NC1(C(=O)O)CCC(Oc2ccc(F)cc2F)C1. The van der Waals surface area contributed by atoms with Gasteiger partial charge in [-0.1, -0.05) is 0 Å². The molecule has 2 N–H and O–H groups in total. The third kappa shape index (κ3) is 3.50. The van der Waals surface area contributed by atoms with E-state index in [0.717, 1.165) is 12.1 Å². The Morgan fingerprint density at radius 3 is 2.76 bits per heavy atom. The average molecular weight is 299 g/mol. The third-order valence-corrected chi connectivity index (χ3v) is 3.63. The molecule has 1 aromatic carbocycles. The van der Waals surface area contributed by atoms with Crippen LogP contribution in [-0.2, 0) is 4.79 Å². The highest BCUT2D eigenvalue weighted by Gasteiger charge is 2.46. The molecule has 0 aliphatic heterocycles. The molecule has 2 rings (SSSR count). The fraction of sp³-hybridized carbons (Fsp3) is 0.533. The van der Waals surface area contributed by atoms with Crippen LogP contribution in [0.2, 0.25) is 0 Å². The fourth-order valence-electron chi connectivity index (χ4n) is 2.79. The molecule has 0 heterocycles. The number of carbonyl (C=O) groups is 1. The van der Waals surface area contributed by atoms with Gasteiger partial charge in [-0.25, -0.2) is 8.78 Å². The van der Waals surface area contributed by atoms with Crippen molar-refractivity contribution >= 4 is 5.97 Å². The molecule has 1 aliphatic rings. The highest BCUT2D eigenvalue weighted by Crippen LogP contribution is 2.34. The molecule has 1 aliphatic carbocycles. The topological polar surface area (TPSA) is 58.6 Å². The van der Waals surface area contributed by atoms with Crippen LogP contribution in [0.25, 0.3) is 0 Å². The van der Waals surface area contributed by atoms with E-state index in [2.05, 4.69) is 5.32 Å². The van der Waals surface area contributed by atoms with E-state index < -0.39 is 29.2 Å². The van der Waals surface area contributed by atoms with Crippen molar-refractivity contribution in [2.75, 3.05) is 0 Å². The van der Waals surface area contributed by atoms with Gasteiger partial charge in [0.15, 0.2) is 11.6 Å². The van der Waals surface area contributed by atoms with Gasteiger partial charge in [-0.15, -0.1) is 0 Å². The molecule has 0 radical (unpaired) electrons. The third-order valence-electron chi connectivity index (χ3n) is 3.63. The van der Waals surface area contributed by atoms with Crippen molar-refractivity contribution in [1.29, 1.82) is 0 Å². The number of nitrogens with one attached hydrogen (secondary N) is 1. The van der Waals surface area contributed by atoms with Gasteiger partial charge in [0.2, 0.25) is 0 Å². The first-order chi connectivity index (χ1) is 9.82. The molecule has 0 bridgehead atoms. The van der Waals surface area contributed by atoms with Crippen LogP contribution >= 0.6 is 0 Å². The van der Waals surface area contributed by atoms with Crippen molar-refractivity contribution < 1.29 is 23.4 Å². The molecule has 0 amide bonds. The predicted molar refractivity (Wildman–Crippen MR) is 73.3 cm³/mol. The largest absolute Gasteiger partial charge is 0.487 e. The second kappa shape index (κ2) is 5.97. The molecular formula is C15H19F2NO3. The van der Waals surface area contributed by atoms with Crippen molar-refractivity contribution in [3.63, 3.8) is 0 Å². The maximum atomic E-state index is 13.6. The number of rotatable bonds is 5. The minimum atomic E-state index is -1.05. The number of aliphatic carboxylic acids is 1. The lowest BCUT2D eigenvalue weighted by Crippen LogP contribution is -2.53. The summed E-state index contributed by atoms with van der Waals surface area (Å²) in [6.45, 7) is 3.75. The molecule has 4 nitrogen and oxygen atoms in total. The highest BCUT2D eigenvalue weighted by atomic mass is 19.1. The summed E-state index contributed by atoms with van der Waals surface area (Å²) >= 11 is 0. The lowest BCUT2D eigenvalue weighted by atomic mass is 9.96. The maximum Gasteiger partial charge on any atom is 0.324 e. The summed E-state index contributed by atoms with van der Waals surface area (Å²) in [6.07, 6.45) is 0.751. The summed E-state index contributed by atoms with van der Waals surface area (Å²) in [5.41, 5.74) is -1.05. The Kier molecular flexibility index (Phi) is 4.46. The fourth-order valence-corrected chi connectivity index (χ4v) is 2.79. The first-order valence-electron chi connectivity index (χ1n) is 6.95. The van der Waals surface area contributed by atoms with Gasteiger partial charge in [-0.3, -0.25) is 10.1 Å². The first-order valence-corrected chi connectivity index (χ1v) is 6.95. The molecule has 0 spiro atoms. The summed E-state index contributed by atoms with van der Waals surface area (Å²) in [7, 11) is 0. The number of hydrogen-bond acceptors (Lipinski definition) is 3. The Labute approximate surface area is 122 Å². The van der Waals surface area contributed by atoms with Gasteiger partial charge in [-0.05, 0) is 38.8 Å². The van der Waals surface area contributed by atoms with E-state index >= 15 is 0 Å². The zero-order valence-corrected chi connectivity index (χ0v) is 12.0. The highest BCUT2D eigenvalue weighted by molar-refractivity contribution is 5.79. The van der Waals surface area contributed by atoms with Crippen LogP contribution in [0.4, 0.5) is 8.78 Å². The number of carboxylic acid groups (broad SMARTS) is 1. The van der Waals surface area contributed by atoms with Gasteiger partial charge in [0, 0.05) is 18.5 Å². The summed E-state index contributed by atoms with van der Waals surface area (Å²) in [5, 5.41) is 12.5. The standard InChI is InChI=1S/C15H19F2NO3/c1-9(2)18-15(14(19)20)6-5-11(8-15)21-13-4-3-10(16)7-12(13)17/h3-4,7,9,11,18H,5-6,8H2,1-2H3,(H,19,20). The first kappa shape index (κ1) is 15.7. The lowest BCUT2D eigenvalue weighted by Gasteiger charge is -2.28. The van der Waals surface area contributed by atoms with Gasteiger partial charge in [-0.2, -0.15) is 0 Å². The van der Waals surface area contributed by atoms with Crippen molar-refractivity contribution in [1.82, 2.24) is 5.32 Å². The Hall–Kier alpha value is -1.69. The molecular weight excluding hydrogens is 280 g/mol. The zero-order valence-electron chi connectivity index (χ0n) is 12.0. The molecule has 116 valence electrons. The Balaban J connectivity index is 2.09. The van der Waals surface area contributed by atoms with E-state index in [1.807, 2.05) is 13.8 Å². The van der Waals surface area contributed by atoms with Crippen LogP contribution in [0, 0.1) is 11.6 Å². The monoisotopic (exact) mass is 299 g/mol. The smallest absolute Gasteiger partial charge is 0.324 e. The molecule has 1 saturated carbocycles. The number of benzene rings is 1. The molecule has 21 heavy (non-hydrogen) atoms. The second-order valence-corrected chi connectivity index (χ2v) is 5.74.